The third-order valence-corrected chi connectivity index (χ3v) is 3.95. The highest BCUT2D eigenvalue weighted by molar-refractivity contribution is 5.81. The lowest BCUT2D eigenvalue weighted by Crippen LogP contribution is -2.43. The summed E-state index contributed by atoms with van der Waals surface area (Å²) in [6.07, 6.45) is 0. The number of nitrogens with two attached hydrogens (primary N) is 1. The number of rotatable bonds is 8. The van der Waals surface area contributed by atoms with Gasteiger partial charge in [0.15, 0.2) is 11.5 Å². The number of hydrogen-bond donors (Lipinski definition) is 2. The number of ether oxygens (including phenoxy) is 2. The third kappa shape index (κ3) is 5.50. The summed E-state index contributed by atoms with van der Waals surface area (Å²) in [5.41, 5.74) is 7.85. The zero-order valence-corrected chi connectivity index (χ0v) is 15.0. The van der Waals surface area contributed by atoms with E-state index in [2.05, 4.69) is 5.32 Å². The number of carbonyl (C=O) groups excluding carboxylic acids is 1. The fourth-order valence-corrected chi connectivity index (χ4v) is 2.29. The molecule has 0 bridgehead atoms. The van der Waals surface area contributed by atoms with Crippen LogP contribution in [-0.4, -0.2) is 19.1 Å². The Hall–Kier alpha value is -2.53. The summed E-state index contributed by atoms with van der Waals surface area (Å²) < 4.78 is 11.2. The zero-order chi connectivity index (χ0) is 18.2. The molecule has 0 saturated heterocycles. The van der Waals surface area contributed by atoms with Crippen molar-refractivity contribution in [2.75, 3.05) is 7.11 Å². The van der Waals surface area contributed by atoms with E-state index in [1.165, 1.54) is 0 Å². The van der Waals surface area contributed by atoms with Gasteiger partial charge in [0.05, 0.1) is 13.2 Å². The lowest BCUT2D eigenvalue weighted by atomic mass is 10.0. The van der Waals surface area contributed by atoms with Crippen LogP contribution in [0.1, 0.15) is 25.0 Å². The number of carbonyl (C=O) groups is 1. The first-order chi connectivity index (χ1) is 12.0. The van der Waals surface area contributed by atoms with Gasteiger partial charge in [-0.05, 0) is 29.2 Å². The number of hydrogen-bond acceptors (Lipinski definition) is 4. The van der Waals surface area contributed by atoms with Gasteiger partial charge in [-0.2, -0.15) is 0 Å². The van der Waals surface area contributed by atoms with Gasteiger partial charge >= 0.3 is 0 Å². The molecule has 0 aliphatic carbocycles. The van der Waals surface area contributed by atoms with Crippen molar-refractivity contribution in [3.05, 3.63) is 59.7 Å². The molecule has 1 amide bonds. The second-order valence-corrected chi connectivity index (χ2v) is 6.25. The Kier molecular flexibility index (Phi) is 6.83. The number of benzene rings is 2. The minimum absolute atomic E-state index is 0.100. The molecule has 0 radical (unpaired) electrons. The van der Waals surface area contributed by atoms with Crippen molar-refractivity contribution >= 4 is 5.91 Å². The fourth-order valence-electron chi connectivity index (χ4n) is 2.29. The minimum atomic E-state index is -0.504. The van der Waals surface area contributed by atoms with Crippen LogP contribution in [0, 0.1) is 5.92 Å². The van der Waals surface area contributed by atoms with Gasteiger partial charge in [0.2, 0.25) is 5.91 Å². The zero-order valence-electron chi connectivity index (χ0n) is 15.0. The Morgan fingerprint density at radius 3 is 2.44 bits per heavy atom. The van der Waals surface area contributed by atoms with E-state index in [0.717, 1.165) is 11.1 Å². The van der Waals surface area contributed by atoms with E-state index in [1.54, 1.807) is 7.11 Å². The first-order valence-electron chi connectivity index (χ1n) is 8.38. The van der Waals surface area contributed by atoms with Crippen LogP contribution in [0.3, 0.4) is 0 Å². The van der Waals surface area contributed by atoms with E-state index < -0.39 is 6.04 Å². The summed E-state index contributed by atoms with van der Waals surface area (Å²) in [5.74, 6) is 1.25. The maximum absolute atomic E-state index is 11.9. The predicted molar refractivity (Wildman–Crippen MR) is 98.4 cm³/mol. The van der Waals surface area contributed by atoms with Crippen LogP contribution in [0.4, 0.5) is 0 Å². The molecule has 134 valence electrons. The molecule has 5 heteroatoms. The Morgan fingerprint density at radius 1 is 1.08 bits per heavy atom. The molecule has 1 atom stereocenters. The summed E-state index contributed by atoms with van der Waals surface area (Å²) >= 11 is 0. The molecule has 0 saturated carbocycles. The lowest BCUT2D eigenvalue weighted by Gasteiger charge is -2.16. The Balaban J connectivity index is 1.97. The van der Waals surface area contributed by atoms with E-state index in [-0.39, 0.29) is 11.8 Å². The molecule has 0 heterocycles. The average Bonchev–Trinajstić information content (AvgIpc) is 2.64. The van der Waals surface area contributed by atoms with Crippen molar-refractivity contribution in [1.29, 1.82) is 0 Å². The van der Waals surface area contributed by atoms with Gasteiger partial charge < -0.3 is 20.5 Å². The normalized spacial score (nSPS) is 11.9. The van der Waals surface area contributed by atoms with Gasteiger partial charge in [0, 0.05) is 6.54 Å². The van der Waals surface area contributed by atoms with E-state index in [1.807, 2.05) is 62.4 Å². The van der Waals surface area contributed by atoms with Crippen molar-refractivity contribution in [3.8, 4) is 11.5 Å². The SMILES string of the molecule is COc1cc(CNC(=O)[C@@H](N)C(C)C)ccc1OCc1ccccc1. The summed E-state index contributed by atoms with van der Waals surface area (Å²) in [5, 5.41) is 2.85. The molecule has 0 fully saturated rings. The molecule has 0 aliphatic rings. The predicted octanol–water partition coefficient (Wildman–Crippen LogP) is 2.87. The monoisotopic (exact) mass is 342 g/mol. The molecular weight excluding hydrogens is 316 g/mol. The van der Waals surface area contributed by atoms with Crippen molar-refractivity contribution in [3.63, 3.8) is 0 Å². The molecule has 5 nitrogen and oxygen atoms in total. The quantitative estimate of drug-likeness (QED) is 0.774. The highest BCUT2D eigenvalue weighted by Gasteiger charge is 2.16. The van der Waals surface area contributed by atoms with Gasteiger partial charge in [0.1, 0.15) is 6.61 Å². The average molecular weight is 342 g/mol. The summed E-state index contributed by atoms with van der Waals surface area (Å²) in [6.45, 7) is 4.71. The highest BCUT2D eigenvalue weighted by atomic mass is 16.5. The van der Waals surface area contributed by atoms with Crippen molar-refractivity contribution < 1.29 is 14.3 Å². The first kappa shape index (κ1) is 18.8. The van der Waals surface area contributed by atoms with E-state index >= 15 is 0 Å². The molecule has 2 rings (SSSR count). The van der Waals surface area contributed by atoms with Crippen LogP contribution >= 0.6 is 0 Å². The van der Waals surface area contributed by atoms with Crippen LogP contribution in [0.25, 0.3) is 0 Å². The number of amides is 1. The van der Waals surface area contributed by atoms with Gasteiger partial charge in [-0.3, -0.25) is 4.79 Å². The largest absolute Gasteiger partial charge is 0.493 e. The highest BCUT2D eigenvalue weighted by Crippen LogP contribution is 2.28. The van der Waals surface area contributed by atoms with Crippen LogP contribution in [-0.2, 0) is 17.9 Å². The molecule has 0 aliphatic heterocycles. The molecular formula is C20H26N2O3. The van der Waals surface area contributed by atoms with Crippen molar-refractivity contribution in [2.24, 2.45) is 11.7 Å². The van der Waals surface area contributed by atoms with E-state index in [9.17, 15) is 4.79 Å². The lowest BCUT2D eigenvalue weighted by molar-refractivity contribution is -0.123. The Labute approximate surface area is 149 Å². The van der Waals surface area contributed by atoms with Crippen LogP contribution < -0.4 is 20.5 Å². The molecule has 2 aromatic carbocycles. The van der Waals surface area contributed by atoms with Crippen LogP contribution in [0.2, 0.25) is 0 Å². The van der Waals surface area contributed by atoms with Gasteiger partial charge in [-0.1, -0.05) is 50.2 Å². The summed E-state index contributed by atoms with van der Waals surface area (Å²) in [6, 6.07) is 15.1. The van der Waals surface area contributed by atoms with E-state index in [0.29, 0.717) is 24.7 Å². The Bertz CT molecular complexity index is 687. The smallest absolute Gasteiger partial charge is 0.237 e. The fraction of sp³-hybridized carbons (Fsp3) is 0.350. The maximum atomic E-state index is 11.9. The maximum Gasteiger partial charge on any atom is 0.237 e. The number of nitrogens with one attached hydrogen (secondary N) is 1. The molecule has 3 N–H and O–H groups in total. The Morgan fingerprint density at radius 2 is 1.80 bits per heavy atom. The van der Waals surface area contributed by atoms with Gasteiger partial charge in [0.25, 0.3) is 0 Å². The molecule has 2 aromatic rings. The van der Waals surface area contributed by atoms with Crippen molar-refractivity contribution in [1.82, 2.24) is 5.32 Å². The number of methoxy groups -OCH3 is 1. The molecule has 25 heavy (non-hydrogen) atoms. The minimum Gasteiger partial charge on any atom is -0.493 e. The topological polar surface area (TPSA) is 73.6 Å². The standard InChI is InChI=1S/C20H26N2O3/c1-14(2)19(21)20(23)22-12-16-9-10-17(18(11-16)24-3)25-13-15-7-5-4-6-8-15/h4-11,14,19H,12-13,21H2,1-3H3,(H,22,23)/t19-/m0/s1. The summed E-state index contributed by atoms with van der Waals surface area (Å²) in [4.78, 5) is 11.9. The van der Waals surface area contributed by atoms with Crippen LogP contribution in [0.15, 0.2) is 48.5 Å². The summed E-state index contributed by atoms with van der Waals surface area (Å²) in [7, 11) is 1.60. The first-order valence-corrected chi connectivity index (χ1v) is 8.38. The molecule has 0 unspecified atom stereocenters. The molecule has 0 aromatic heterocycles. The van der Waals surface area contributed by atoms with Crippen molar-refractivity contribution in [2.45, 2.75) is 33.0 Å². The second-order valence-electron chi connectivity index (χ2n) is 6.25. The van der Waals surface area contributed by atoms with Crippen LogP contribution in [0.5, 0.6) is 11.5 Å². The third-order valence-electron chi connectivity index (χ3n) is 3.95. The van der Waals surface area contributed by atoms with Gasteiger partial charge in [-0.15, -0.1) is 0 Å². The van der Waals surface area contributed by atoms with E-state index in [4.69, 9.17) is 15.2 Å². The molecule has 0 spiro atoms. The second kappa shape index (κ2) is 9.08. The van der Waals surface area contributed by atoms with Gasteiger partial charge in [-0.25, -0.2) is 0 Å².